The molecular formula is C16H18BrNO3. The highest BCUT2D eigenvalue weighted by molar-refractivity contribution is 9.10. The predicted octanol–water partition coefficient (Wildman–Crippen LogP) is 3.44. The highest BCUT2D eigenvalue weighted by Crippen LogP contribution is 2.23. The lowest BCUT2D eigenvalue weighted by Crippen LogP contribution is -2.31. The molecule has 0 heterocycles. The molecule has 0 aromatic heterocycles. The van der Waals surface area contributed by atoms with Crippen molar-refractivity contribution in [3.8, 4) is 0 Å². The number of carbonyl (C=O) groups is 2. The summed E-state index contributed by atoms with van der Waals surface area (Å²) in [5.74, 6) is -0.745. The van der Waals surface area contributed by atoms with Gasteiger partial charge in [-0.05, 0) is 36.5 Å². The smallest absolute Gasteiger partial charge is 0.305 e. The van der Waals surface area contributed by atoms with Gasteiger partial charge < -0.3 is 10.4 Å². The largest absolute Gasteiger partial charge is 0.481 e. The number of halogens is 1. The van der Waals surface area contributed by atoms with Crippen LogP contribution in [0.15, 0.2) is 40.9 Å². The van der Waals surface area contributed by atoms with Gasteiger partial charge in [0.15, 0.2) is 0 Å². The van der Waals surface area contributed by atoms with Gasteiger partial charge in [-0.15, -0.1) is 0 Å². The van der Waals surface area contributed by atoms with Gasteiger partial charge in [-0.3, -0.25) is 9.59 Å². The van der Waals surface area contributed by atoms with Gasteiger partial charge in [0.25, 0.3) is 0 Å². The van der Waals surface area contributed by atoms with Crippen LogP contribution in [-0.2, 0) is 9.59 Å². The third-order valence-corrected chi connectivity index (χ3v) is 4.07. The summed E-state index contributed by atoms with van der Waals surface area (Å²) in [5, 5.41) is 11.9. The molecule has 0 fully saturated rings. The van der Waals surface area contributed by atoms with Crippen molar-refractivity contribution in [1.82, 2.24) is 5.32 Å². The molecule has 112 valence electrons. The predicted molar refractivity (Wildman–Crippen MR) is 83.8 cm³/mol. The van der Waals surface area contributed by atoms with Crippen LogP contribution in [0, 0.1) is 5.92 Å². The zero-order chi connectivity index (χ0) is 15.2. The Morgan fingerprint density at radius 2 is 2.05 bits per heavy atom. The van der Waals surface area contributed by atoms with E-state index in [1.54, 1.807) is 0 Å². The van der Waals surface area contributed by atoms with Crippen molar-refractivity contribution in [2.24, 2.45) is 5.92 Å². The maximum absolute atomic E-state index is 12.1. The minimum atomic E-state index is -0.927. The van der Waals surface area contributed by atoms with Crippen LogP contribution in [-0.4, -0.2) is 17.0 Å². The summed E-state index contributed by atoms with van der Waals surface area (Å²) in [7, 11) is 0. The highest BCUT2D eigenvalue weighted by Gasteiger charge is 2.20. The average Bonchev–Trinajstić information content (AvgIpc) is 2.91. The summed E-state index contributed by atoms with van der Waals surface area (Å²) < 4.78 is 0.919. The monoisotopic (exact) mass is 351 g/mol. The fourth-order valence-corrected chi connectivity index (χ4v) is 2.74. The van der Waals surface area contributed by atoms with E-state index in [-0.39, 0.29) is 18.2 Å². The molecule has 1 aromatic rings. The maximum atomic E-state index is 12.1. The lowest BCUT2D eigenvalue weighted by atomic mass is 10.0. The first kappa shape index (κ1) is 15.8. The van der Waals surface area contributed by atoms with E-state index in [4.69, 9.17) is 5.11 Å². The standard InChI is InChI=1S/C16H18BrNO3/c17-13-7-5-12(6-8-13)14(10-16(20)21)18-15(19)9-11-3-1-2-4-11/h1,3,5-8,11,14H,2,4,9-10H2,(H,18,19)(H,20,21). The normalized spacial score (nSPS) is 18.4. The molecule has 1 aromatic carbocycles. The van der Waals surface area contributed by atoms with Crippen LogP contribution in [0.4, 0.5) is 0 Å². The van der Waals surface area contributed by atoms with Crippen molar-refractivity contribution < 1.29 is 14.7 Å². The first-order chi connectivity index (χ1) is 10.0. The van der Waals surface area contributed by atoms with Crippen LogP contribution in [0.5, 0.6) is 0 Å². The molecule has 0 bridgehead atoms. The van der Waals surface area contributed by atoms with Gasteiger partial charge in [0, 0.05) is 10.9 Å². The van der Waals surface area contributed by atoms with Gasteiger partial charge in [0.05, 0.1) is 12.5 Å². The molecule has 1 aliphatic carbocycles. The number of hydrogen-bond donors (Lipinski definition) is 2. The van der Waals surface area contributed by atoms with Crippen LogP contribution in [0.3, 0.4) is 0 Å². The molecule has 1 aliphatic rings. The van der Waals surface area contributed by atoms with Crippen molar-refractivity contribution >= 4 is 27.8 Å². The Kier molecular flexibility index (Phi) is 5.56. The second-order valence-electron chi connectivity index (χ2n) is 5.24. The number of nitrogens with one attached hydrogen (secondary N) is 1. The number of rotatable bonds is 6. The molecule has 0 radical (unpaired) electrons. The molecule has 2 unspecified atom stereocenters. The number of aliphatic carboxylic acids is 1. The molecule has 0 aliphatic heterocycles. The van der Waals surface area contributed by atoms with Crippen molar-refractivity contribution in [2.75, 3.05) is 0 Å². The minimum absolute atomic E-state index is 0.0966. The van der Waals surface area contributed by atoms with E-state index < -0.39 is 12.0 Å². The Morgan fingerprint density at radius 1 is 1.33 bits per heavy atom. The van der Waals surface area contributed by atoms with Gasteiger partial charge in [-0.25, -0.2) is 0 Å². The van der Waals surface area contributed by atoms with Crippen LogP contribution in [0.1, 0.15) is 37.3 Å². The molecule has 21 heavy (non-hydrogen) atoms. The Bertz CT molecular complexity index is 539. The maximum Gasteiger partial charge on any atom is 0.305 e. The van der Waals surface area contributed by atoms with Crippen LogP contribution >= 0.6 is 15.9 Å². The van der Waals surface area contributed by atoms with Gasteiger partial charge in [-0.1, -0.05) is 40.2 Å². The molecule has 0 saturated carbocycles. The number of carbonyl (C=O) groups excluding carboxylic acids is 1. The summed E-state index contributed by atoms with van der Waals surface area (Å²) in [6.45, 7) is 0. The van der Waals surface area contributed by atoms with Crippen molar-refractivity contribution in [1.29, 1.82) is 0 Å². The Balaban J connectivity index is 2.01. The van der Waals surface area contributed by atoms with Gasteiger partial charge in [0.2, 0.25) is 5.91 Å². The third kappa shape index (κ3) is 5.01. The summed E-state index contributed by atoms with van der Waals surface area (Å²) in [6.07, 6.45) is 6.46. The van der Waals surface area contributed by atoms with E-state index in [0.717, 1.165) is 22.9 Å². The molecule has 5 heteroatoms. The van der Waals surface area contributed by atoms with E-state index in [1.165, 1.54) is 0 Å². The number of carboxylic acids is 1. The number of carboxylic acid groups (broad SMARTS) is 1. The number of hydrogen-bond acceptors (Lipinski definition) is 2. The second-order valence-corrected chi connectivity index (χ2v) is 6.15. The Hall–Kier alpha value is -1.62. The first-order valence-electron chi connectivity index (χ1n) is 6.98. The number of amides is 1. The molecule has 2 rings (SSSR count). The molecule has 2 N–H and O–H groups in total. The fraction of sp³-hybridized carbons (Fsp3) is 0.375. The second kappa shape index (κ2) is 7.41. The molecule has 2 atom stereocenters. The highest BCUT2D eigenvalue weighted by atomic mass is 79.9. The van der Waals surface area contributed by atoms with Crippen molar-refractivity contribution in [3.63, 3.8) is 0 Å². The van der Waals surface area contributed by atoms with Crippen LogP contribution in [0.25, 0.3) is 0 Å². The summed E-state index contributed by atoms with van der Waals surface area (Å²) >= 11 is 3.34. The van der Waals surface area contributed by atoms with E-state index in [1.807, 2.05) is 24.3 Å². The van der Waals surface area contributed by atoms with Crippen LogP contribution < -0.4 is 5.32 Å². The van der Waals surface area contributed by atoms with Gasteiger partial charge in [0.1, 0.15) is 0 Å². The van der Waals surface area contributed by atoms with Gasteiger partial charge in [-0.2, -0.15) is 0 Å². The molecule has 0 spiro atoms. The zero-order valence-corrected chi connectivity index (χ0v) is 13.2. The summed E-state index contributed by atoms with van der Waals surface area (Å²) in [6, 6.07) is 6.85. The average molecular weight is 352 g/mol. The minimum Gasteiger partial charge on any atom is -0.481 e. The molecular weight excluding hydrogens is 334 g/mol. The fourth-order valence-electron chi connectivity index (χ4n) is 2.48. The molecule has 0 saturated heterocycles. The summed E-state index contributed by atoms with van der Waals surface area (Å²) in [5.41, 5.74) is 0.802. The Labute approximate surface area is 132 Å². The van der Waals surface area contributed by atoms with Gasteiger partial charge >= 0.3 is 5.97 Å². The van der Waals surface area contributed by atoms with E-state index in [9.17, 15) is 9.59 Å². The summed E-state index contributed by atoms with van der Waals surface area (Å²) in [4.78, 5) is 23.1. The van der Waals surface area contributed by atoms with E-state index in [0.29, 0.717) is 6.42 Å². The zero-order valence-electron chi connectivity index (χ0n) is 11.6. The lowest BCUT2D eigenvalue weighted by molar-refractivity contribution is -0.137. The van der Waals surface area contributed by atoms with Crippen molar-refractivity contribution in [2.45, 2.75) is 31.7 Å². The lowest BCUT2D eigenvalue weighted by Gasteiger charge is -2.18. The quantitative estimate of drug-likeness (QED) is 0.771. The number of benzene rings is 1. The van der Waals surface area contributed by atoms with E-state index in [2.05, 4.69) is 33.4 Å². The molecule has 1 amide bonds. The Morgan fingerprint density at radius 3 is 2.62 bits per heavy atom. The van der Waals surface area contributed by atoms with E-state index >= 15 is 0 Å². The van der Waals surface area contributed by atoms with Crippen molar-refractivity contribution in [3.05, 3.63) is 46.5 Å². The van der Waals surface area contributed by atoms with Crippen LogP contribution in [0.2, 0.25) is 0 Å². The topological polar surface area (TPSA) is 66.4 Å². The number of allylic oxidation sites excluding steroid dienone is 2. The molecule has 4 nitrogen and oxygen atoms in total. The first-order valence-corrected chi connectivity index (χ1v) is 7.77. The third-order valence-electron chi connectivity index (χ3n) is 3.55. The SMILES string of the molecule is O=C(O)CC(NC(=O)CC1C=CCC1)c1ccc(Br)cc1.